The first kappa shape index (κ1) is 15.8. The maximum atomic E-state index is 12.2. The predicted octanol–water partition coefficient (Wildman–Crippen LogP) is 3.09. The minimum absolute atomic E-state index is 0.0657. The smallest absolute Gasteiger partial charge is 0.319 e. The second-order valence-corrected chi connectivity index (χ2v) is 6.85. The van der Waals surface area contributed by atoms with Gasteiger partial charge in [-0.1, -0.05) is 32.9 Å². The zero-order valence-corrected chi connectivity index (χ0v) is 13.2. The minimum Gasteiger partial charge on any atom is -0.394 e. The van der Waals surface area contributed by atoms with Crippen LogP contribution in [-0.2, 0) is 12.8 Å². The van der Waals surface area contributed by atoms with Gasteiger partial charge in [-0.15, -0.1) is 0 Å². The summed E-state index contributed by atoms with van der Waals surface area (Å²) in [6, 6.07) is 5.57. The molecule has 1 aliphatic carbocycles. The molecule has 0 aliphatic heterocycles. The summed E-state index contributed by atoms with van der Waals surface area (Å²) < 4.78 is 0. The van der Waals surface area contributed by atoms with Crippen LogP contribution in [0.25, 0.3) is 0 Å². The number of carbonyl (C=O) groups is 1. The quantitative estimate of drug-likeness (QED) is 0.801. The summed E-state index contributed by atoms with van der Waals surface area (Å²) in [6.07, 6.45) is 4.51. The van der Waals surface area contributed by atoms with Crippen molar-refractivity contribution in [3.8, 4) is 0 Å². The van der Waals surface area contributed by atoms with E-state index in [0.717, 1.165) is 18.5 Å². The van der Waals surface area contributed by atoms with Gasteiger partial charge in [-0.3, -0.25) is 0 Å². The second-order valence-electron chi connectivity index (χ2n) is 6.85. The molecule has 1 aliphatic rings. The van der Waals surface area contributed by atoms with Crippen molar-refractivity contribution < 1.29 is 9.90 Å². The fraction of sp³-hybridized carbons (Fsp3) is 0.588. The van der Waals surface area contributed by atoms with Gasteiger partial charge in [-0.25, -0.2) is 4.79 Å². The highest BCUT2D eigenvalue weighted by Gasteiger charge is 2.25. The molecule has 116 valence electrons. The SMILES string of the molecule is CC(C)(C)[C@@H](CO)NC(=O)Nc1cccc2c1CCCC2. The van der Waals surface area contributed by atoms with Gasteiger partial charge in [0.15, 0.2) is 0 Å². The van der Waals surface area contributed by atoms with Crippen LogP contribution in [0.5, 0.6) is 0 Å². The van der Waals surface area contributed by atoms with Gasteiger partial charge in [0.2, 0.25) is 0 Å². The molecule has 0 radical (unpaired) electrons. The first-order valence-electron chi connectivity index (χ1n) is 7.71. The molecule has 21 heavy (non-hydrogen) atoms. The number of anilines is 1. The molecule has 0 saturated heterocycles. The van der Waals surface area contributed by atoms with Crippen molar-refractivity contribution in [1.29, 1.82) is 0 Å². The Morgan fingerprint density at radius 2 is 2.00 bits per heavy atom. The van der Waals surface area contributed by atoms with E-state index in [9.17, 15) is 9.90 Å². The van der Waals surface area contributed by atoms with Gasteiger partial charge in [-0.05, 0) is 48.3 Å². The number of amides is 2. The summed E-state index contributed by atoms with van der Waals surface area (Å²) in [5.41, 5.74) is 3.32. The number of hydrogen-bond donors (Lipinski definition) is 3. The summed E-state index contributed by atoms with van der Waals surface area (Å²) in [6.45, 7) is 5.93. The van der Waals surface area contributed by atoms with E-state index in [1.807, 2.05) is 32.9 Å². The third-order valence-electron chi connectivity index (χ3n) is 4.18. The summed E-state index contributed by atoms with van der Waals surface area (Å²) in [5.74, 6) is 0. The monoisotopic (exact) mass is 290 g/mol. The lowest BCUT2D eigenvalue weighted by atomic mass is 9.87. The highest BCUT2D eigenvalue weighted by molar-refractivity contribution is 5.90. The van der Waals surface area contributed by atoms with E-state index < -0.39 is 0 Å². The van der Waals surface area contributed by atoms with Crippen LogP contribution in [0.2, 0.25) is 0 Å². The van der Waals surface area contributed by atoms with Crippen LogP contribution in [0.15, 0.2) is 18.2 Å². The van der Waals surface area contributed by atoms with E-state index in [1.165, 1.54) is 24.0 Å². The maximum Gasteiger partial charge on any atom is 0.319 e. The molecule has 4 heteroatoms. The number of carbonyl (C=O) groups excluding carboxylic acids is 1. The molecule has 2 rings (SSSR count). The molecule has 1 aromatic carbocycles. The summed E-state index contributed by atoms with van der Waals surface area (Å²) >= 11 is 0. The number of rotatable bonds is 3. The van der Waals surface area contributed by atoms with E-state index in [0.29, 0.717) is 0 Å². The molecule has 0 bridgehead atoms. The lowest BCUT2D eigenvalue weighted by Gasteiger charge is -2.30. The first-order chi connectivity index (χ1) is 9.91. The van der Waals surface area contributed by atoms with Crippen molar-refractivity contribution in [2.75, 3.05) is 11.9 Å². The normalized spacial score (nSPS) is 16.0. The van der Waals surface area contributed by atoms with Crippen molar-refractivity contribution >= 4 is 11.7 Å². The summed E-state index contributed by atoms with van der Waals surface area (Å²) in [4.78, 5) is 12.2. The first-order valence-corrected chi connectivity index (χ1v) is 7.71. The number of fused-ring (bicyclic) bond motifs is 1. The Morgan fingerprint density at radius 3 is 2.67 bits per heavy atom. The lowest BCUT2D eigenvalue weighted by molar-refractivity contribution is 0.162. The number of aryl methyl sites for hydroxylation is 1. The van der Waals surface area contributed by atoms with Crippen molar-refractivity contribution in [2.24, 2.45) is 5.41 Å². The molecule has 0 unspecified atom stereocenters. The van der Waals surface area contributed by atoms with Gasteiger partial charge in [0, 0.05) is 5.69 Å². The van der Waals surface area contributed by atoms with Crippen LogP contribution in [0.3, 0.4) is 0 Å². The third-order valence-corrected chi connectivity index (χ3v) is 4.18. The fourth-order valence-electron chi connectivity index (χ4n) is 2.75. The Kier molecular flexibility index (Phi) is 4.88. The highest BCUT2D eigenvalue weighted by Crippen LogP contribution is 2.28. The molecule has 4 nitrogen and oxygen atoms in total. The number of hydrogen-bond acceptors (Lipinski definition) is 2. The zero-order chi connectivity index (χ0) is 15.5. The Balaban J connectivity index is 2.06. The van der Waals surface area contributed by atoms with Crippen LogP contribution in [0.4, 0.5) is 10.5 Å². The standard InChI is InChI=1S/C17H26N2O2/c1-17(2,3)15(11-20)19-16(21)18-14-10-6-8-12-7-4-5-9-13(12)14/h6,8,10,15,20H,4-5,7,9,11H2,1-3H3,(H2,18,19,21)/t15-/m1/s1. The van der Waals surface area contributed by atoms with Crippen molar-refractivity contribution in [3.63, 3.8) is 0 Å². The topological polar surface area (TPSA) is 61.4 Å². The van der Waals surface area contributed by atoms with E-state index in [-0.39, 0.29) is 24.1 Å². The maximum absolute atomic E-state index is 12.2. The van der Waals surface area contributed by atoms with Gasteiger partial charge < -0.3 is 15.7 Å². The number of nitrogens with one attached hydrogen (secondary N) is 2. The Morgan fingerprint density at radius 1 is 1.29 bits per heavy atom. The third kappa shape index (κ3) is 3.97. The number of aliphatic hydroxyl groups excluding tert-OH is 1. The number of benzene rings is 1. The summed E-state index contributed by atoms with van der Waals surface area (Å²) in [7, 11) is 0. The van der Waals surface area contributed by atoms with Crippen LogP contribution < -0.4 is 10.6 Å². The van der Waals surface area contributed by atoms with E-state index in [4.69, 9.17) is 0 Å². The van der Waals surface area contributed by atoms with Gasteiger partial charge in [-0.2, -0.15) is 0 Å². The Bertz CT molecular complexity index is 506. The van der Waals surface area contributed by atoms with E-state index >= 15 is 0 Å². The molecule has 1 aromatic rings. The predicted molar refractivity (Wildman–Crippen MR) is 85.6 cm³/mol. The van der Waals surface area contributed by atoms with Crippen LogP contribution in [0, 0.1) is 5.41 Å². The van der Waals surface area contributed by atoms with Gasteiger partial charge in [0.05, 0.1) is 12.6 Å². The van der Waals surface area contributed by atoms with Crippen molar-refractivity contribution in [3.05, 3.63) is 29.3 Å². The molecule has 0 fully saturated rings. The highest BCUT2D eigenvalue weighted by atomic mass is 16.3. The van der Waals surface area contributed by atoms with Crippen LogP contribution >= 0.6 is 0 Å². The van der Waals surface area contributed by atoms with Gasteiger partial charge in [0.1, 0.15) is 0 Å². The molecule has 0 heterocycles. The molecular weight excluding hydrogens is 264 g/mol. The van der Waals surface area contributed by atoms with Crippen LogP contribution in [-0.4, -0.2) is 23.8 Å². The molecule has 0 saturated carbocycles. The second kappa shape index (κ2) is 6.48. The largest absolute Gasteiger partial charge is 0.394 e. The summed E-state index contributed by atoms with van der Waals surface area (Å²) in [5, 5.41) is 15.2. The lowest BCUT2D eigenvalue weighted by Crippen LogP contribution is -2.47. The van der Waals surface area contributed by atoms with Crippen molar-refractivity contribution in [1.82, 2.24) is 5.32 Å². The molecular formula is C17H26N2O2. The number of aliphatic hydroxyl groups is 1. The Hall–Kier alpha value is -1.55. The van der Waals surface area contributed by atoms with E-state index in [1.54, 1.807) is 0 Å². The van der Waals surface area contributed by atoms with E-state index in [2.05, 4.69) is 16.7 Å². The average Bonchev–Trinajstić information content (AvgIpc) is 2.44. The van der Waals surface area contributed by atoms with Gasteiger partial charge >= 0.3 is 6.03 Å². The zero-order valence-electron chi connectivity index (χ0n) is 13.2. The Labute approximate surface area is 126 Å². The van der Waals surface area contributed by atoms with Gasteiger partial charge in [0.25, 0.3) is 0 Å². The molecule has 0 spiro atoms. The molecule has 0 aromatic heterocycles. The average molecular weight is 290 g/mol. The van der Waals surface area contributed by atoms with Crippen LogP contribution in [0.1, 0.15) is 44.7 Å². The fourth-order valence-corrected chi connectivity index (χ4v) is 2.75. The number of urea groups is 1. The van der Waals surface area contributed by atoms with Crippen molar-refractivity contribution in [2.45, 2.75) is 52.5 Å². The molecule has 2 amide bonds. The minimum atomic E-state index is -0.267. The molecule has 1 atom stereocenters. The molecule has 3 N–H and O–H groups in total.